The molecule has 0 atom stereocenters. The molecule has 0 aliphatic carbocycles. The van der Waals surface area contributed by atoms with Crippen LogP contribution in [0.3, 0.4) is 0 Å². The number of hydrogen-bond donors (Lipinski definition) is 0. The molecule has 1 aromatic rings. The highest BCUT2D eigenvalue weighted by atomic mass is 28.3. The first-order valence-electron chi connectivity index (χ1n) is 6.58. The summed E-state index contributed by atoms with van der Waals surface area (Å²) in [6.07, 6.45) is 0. The number of carbonyl (C=O) groups excluding carboxylic acids is 1. The van der Waals surface area contributed by atoms with Crippen LogP contribution in [-0.4, -0.2) is 25.1 Å². The van der Waals surface area contributed by atoms with Crippen LogP contribution in [0.15, 0.2) is 23.2 Å². The van der Waals surface area contributed by atoms with Gasteiger partial charge in [-0.2, -0.15) is 0 Å². The third-order valence-electron chi connectivity index (χ3n) is 3.00. The Hall–Kier alpha value is -1.73. The first-order chi connectivity index (χ1) is 9.12. The lowest BCUT2D eigenvalue weighted by molar-refractivity contribution is 0.0908. The van der Waals surface area contributed by atoms with E-state index in [1.54, 1.807) is 26.0 Å². The number of aliphatic imine (C=N–C) groups is 1. The van der Waals surface area contributed by atoms with Crippen molar-refractivity contribution in [1.82, 2.24) is 0 Å². The van der Waals surface area contributed by atoms with Crippen molar-refractivity contribution in [3.05, 3.63) is 35.1 Å². The molecule has 2 nitrogen and oxygen atoms in total. The third-order valence-corrected chi connectivity index (χ3v) is 3.87. The minimum absolute atomic E-state index is 0.118. The Morgan fingerprint density at radius 2 is 1.90 bits per heavy atom. The fourth-order valence-corrected chi connectivity index (χ4v) is 2.48. The summed E-state index contributed by atoms with van der Waals surface area (Å²) in [5.74, 6) is 2.28. The first kappa shape index (κ1) is 14.7. The van der Waals surface area contributed by atoms with Gasteiger partial charge in [0.15, 0.2) is 5.78 Å². The average Bonchev–Trinajstić information content (AvgIpc) is 2.31. The molecule has 1 aliphatic heterocycles. The molecule has 0 aromatic heterocycles. The number of Topliss-reactive ketones (excluding diaryl/α,β-unsaturated/α-hetero) is 1. The van der Waals surface area contributed by atoms with Crippen molar-refractivity contribution in [3.8, 4) is 11.5 Å². The van der Waals surface area contributed by atoms with Crippen LogP contribution in [-0.2, 0) is 0 Å². The van der Waals surface area contributed by atoms with Gasteiger partial charge in [-0.25, -0.2) is 4.39 Å². The van der Waals surface area contributed by atoms with E-state index < -0.39 is 19.4 Å². The molecule has 0 unspecified atom stereocenters. The van der Waals surface area contributed by atoms with Gasteiger partial charge in [0.1, 0.15) is 25.1 Å². The standard InChI is InChI=1S/C16H18FNOSi/c1-16(2)15(19)14-11(7-6-8-12(14)17)13(18-16)9-10-20(3,4)5/h6-8H,1-5H3. The van der Waals surface area contributed by atoms with Gasteiger partial charge in [-0.3, -0.25) is 9.79 Å². The number of ketones is 1. The molecule has 104 valence electrons. The molecule has 0 amide bonds. The molecule has 0 spiro atoms. The van der Waals surface area contributed by atoms with Crippen LogP contribution in [0.4, 0.5) is 4.39 Å². The van der Waals surface area contributed by atoms with Gasteiger partial charge in [0.05, 0.1) is 5.56 Å². The van der Waals surface area contributed by atoms with Gasteiger partial charge in [-0.1, -0.05) is 37.7 Å². The topological polar surface area (TPSA) is 29.4 Å². The van der Waals surface area contributed by atoms with Gasteiger partial charge < -0.3 is 0 Å². The number of rotatable bonds is 0. The van der Waals surface area contributed by atoms with Crippen LogP contribution in [0, 0.1) is 17.3 Å². The van der Waals surface area contributed by atoms with Crippen molar-refractivity contribution < 1.29 is 9.18 Å². The molecule has 0 saturated carbocycles. The van der Waals surface area contributed by atoms with Crippen molar-refractivity contribution in [2.24, 2.45) is 4.99 Å². The van der Waals surface area contributed by atoms with E-state index in [9.17, 15) is 9.18 Å². The van der Waals surface area contributed by atoms with E-state index in [0.717, 1.165) is 0 Å². The Labute approximate surface area is 120 Å². The largest absolute Gasteiger partial charge is 0.291 e. The second-order valence-corrected chi connectivity index (χ2v) is 11.3. The second kappa shape index (κ2) is 4.67. The van der Waals surface area contributed by atoms with Crippen molar-refractivity contribution in [2.45, 2.75) is 39.0 Å². The van der Waals surface area contributed by atoms with E-state index in [0.29, 0.717) is 11.3 Å². The molecule has 1 aliphatic rings. The minimum atomic E-state index is -1.56. The van der Waals surface area contributed by atoms with E-state index in [-0.39, 0.29) is 11.3 Å². The molecule has 4 heteroatoms. The van der Waals surface area contributed by atoms with Gasteiger partial charge >= 0.3 is 0 Å². The maximum atomic E-state index is 14.0. The van der Waals surface area contributed by atoms with Gasteiger partial charge in [-0.15, -0.1) is 5.54 Å². The van der Waals surface area contributed by atoms with E-state index in [1.807, 2.05) is 0 Å². The molecule has 0 fully saturated rings. The lowest BCUT2D eigenvalue weighted by Gasteiger charge is -2.26. The predicted octanol–water partition coefficient (Wildman–Crippen LogP) is 3.47. The van der Waals surface area contributed by atoms with Crippen molar-refractivity contribution >= 4 is 19.6 Å². The molecule has 20 heavy (non-hydrogen) atoms. The Morgan fingerprint density at radius 1 is 1.25 bits per heavy atom. The minimum Gasteiger partial charge on any atom is -0.291 e. The van der Waals surface area contributed by atoms with Gasteiger partial charge in [0, 0.05) is 5.56 Å². The normalized spacial score (nSPS) is 16.9. The SMILES string of the molecule is CC1(C)N=C(C#C[Si](C)(C)C)c2cccc(F)c2C1=O. The highest BCUT2D eigenvalue weighted by molar-refractivity contribution is 6.84. The molecule has 0 bridgehead atoms. The smallest absolute Gasteiger partial charge is 0.193 e. The summed E-state index contributed by atoms with van der Waals surface area (Å²) in [5.41, 5.74) is 3.42. The summed E-state index contributed by atoms with van der Waals surface area (Å²) >= 11 is 0. The van der Waals surface area contributed by atoms with Crippen LogP contribution in [0.2, 0.25) is 19.6 Å². The van der Waals surface area contributed by atoms with Crippen LogP contribution in [0.25, 0.3) is 0 Å². The van der Waals surface area contributed by atoms with Crippen molar-refractivity contribution in [1.29, 1.82) is 0 Å². The zero-order valence-corrected chi connectivity index (χ0v) is 13.5. The maximum Gasteiger partial charge on any atom is 0.193 e. The zero-order valence-electron chi connectivity index (χ0n) is 12.5. The Kier molecular flexibility index (Phi) is 3.43. The molecule has 1 aromatic carbocycles. The molecule has 0 N–H and O–H groups in total. The molecule has 0 radical (unpaired) electrons. The fourth-order valence-electron chi connectivity index (χ4n) is 1.99. The number of fused-ring (bicyclic) bond motifs is 1. The molecule has 2 rings (SSSR count). The van der Waals surface area contributed by atoms with E-state index in [2.05, 4.69) is 36.1 Å². The van der Waals surface area contributed by atoms with Gasteiger partial charge in [0.2, 0.25) is 0 Å². The summed E-state index contributed by atoms with van der Waals surface area (Å²) in [7, 11) is -1.56. The van der Waals surface area contributed by atoms with E-state index in [4.69, 9.17) is 0 Å². The number of nitrogens with zero attached hydrogens (tertiary/aromatic N) is 1. The lowest BCUT2D eigenvalue weighted by atomic mass is 9.85. The zero-order chi connectivity index (χ0) is 15.1. The molecule has 0 saturated heterocycles. The highest BCUT2D eigenvalue weighted by Crippen LogP contribution is 2.28. The van der Waals surface area contributed by atoms with Gasteiger partial charge in [0.25, 0.3) is 0 Å². The summed E-state index contributed by atoms with van der Waals surface area (Å²) < 4.78 is 14.0. The Bertz CT molecular complexity index is 672. The summed E-state index contributed by atoms with van der Waals surface area (Å²) in [6.45, 7) is 9.78. The highest BCUT2D eigenvalue weighted by Gasteiger charge is 2.37. The number of benzene rings is 1. The summed E-state index contributed by atoms with van der Waals surface area (Å²) in [6, 6.07) is 4.61. The summed E-state index contributed by atoms with van der Waals surface area (Å²) in [4.78, 5) is 16.7. The van der Waals surface area contributed by atoms with Gasteiger partial charge in [-0.05, 0) is 19.9 Å². The third kappa shape index (κ3) is 2.73. The van der Waals surface area contributed by atoms with Crippen molar-refractivity contribution in [2.75, 3.05) is 0 Å². The quantitative estimate of drug-likeness (QED) is 0.530. The molecule has 1 heterocycles. The average molecular weight is 287 g/mol. The predicted molar refractivity (Wildman–Crippen MR) is 82.5 cm³/mol. The van der Waals surface area contributed by atoms with Crippen LogP contribution < -0.4 is 0 Å². The first-order valence-corrected chi connectivity index (χ1v) is 10.1. The number of halogens is 1. The lowest BCUT2D eigenvalue weighted by Crippen LogP contribution is -2.37. The Balaban J connectivity index is 2.66. The Morgan fingerprint density at radius 3 is 2.50 bits per heavy atom. The molecular weight excluding hydrogens is 269 g/mol. The second-order valence-electron chi connectivity index (χ2n) is 6.51. The monoisotopic (exact) mass is 287 g/mol. The van der Waals surface area contributed by atoms with Crippen LogP contribution >= 0.6 is 0 Å². The maximum absolute atomic E-state index is 14.0. The number of hydrogen-bond acceptors (Lipinski definition) is 2. The number of carbonyl (C=O) groups is 1. The van der Waals surface area contributed by atoms with E-state index >= 15 is 0 Å². The van der Waals surface area contributed by atoms with Crippen LogP contribution in [0.1, 0.15) is 29.8 Å². The van der Waals surface area contributed by atoms with E-state index in [1.165, 1.54) is 6.07 Å². The fraction of sp³-hybridized carbons (Fsp3) is 0.375. The summed E-state index contributed by atoms with van der Waals surface area (Å²) in [5, 5.41) is 0. The van der Waals surface area contributed by atoms with Crippen LogP contribution in [0.5, 0.6) is 0 Å². The molecular formula is C16H18FNOSi. The van der Waals surface area contributed by atoms with Crippen molar-refractivity contribution in [3.63, 3.8) is 0 Å².